The Hall–Kier alpha value is -2.57. The standard InChI is InChI=1S/C21H24ClN3O3/c1-14-11-16(22)8-9-19(14)24-21(23-13-18-7-4-10-28-18)25-20(26)15-5-3-6-17(12-15)27-2/h3,5-6,8-9,11-12,18H,4,7,10,13H2,1-2H3,(H2,23,24,25,26)/t18-/m1/s1. The number of methoxy groups -OCH3 is 1. The molecule has 6 nitrogen and oxygen atoms in total. The highest BCUT2D eigenvalue weighted by atomic mass is 35.5. The molecule has 1 fully saturated rings. The molecule has 1 aliphatic heterocycles. The number of nitrogens with one attached hydrogen (secondary N) is 2. The van der Waals surface area contributed by atoms with Crippen LogP contribution in [0.1, 0.15) is 28.8 Å². The van der Waals surface area contributed by atoms with Gasteiger partial charge < -0.3 is 14.8 Å². The van der Waals surface area contributed by atoms with Crippen molar-refractivity contribution in [3.8, 4) is 5.75 Å². The van der Waals surface area contributed by atoms with Crippen LogP contribution in [0.3, 0.4) is 0 Å². The van der Waals surface area contributed by atoms with E-state index >= 15 is 0 Å². The van der Waals surface area contributed by atoms with Gasteiger partial charge in [-0.25, -0.2) is 4.99 Å². The fraction of sp³-hybridized carbons (Fsp3) is 0.333. The van der Waals surface area contributed by atoms with E-state index in [2.05, 4.69) is 15.6 Å². The number of anilines is 1. The number of rotatable bonds is 5. The number of halogens is 1. The average Bonchev–Trinajstić information content (AvgIpc) is 3.21. The van der Waals surface area contributed by atoms with Crippen molar-refractivity contribution in [1.82, 2.24) is 5.32 Å². The SMILES string of the molecule is COc1cccc(C(=O)NC(=NC[C@H]2CCCO2)Nc2ccc(Cl)cc2C)c1. The van der Waals surface area contributed by atoms with Gasteiger partial charge in [0, 0.05) is 22.9 Å². The third-order valence-electron chi connectivity index (χ3n) is 4.48. The lowest BCUT2D eigenvalue weighted by Crippen LogP contribution is -2.37. The van der Waals surface area contributed by atoms with Gasteiger partial charge in [-0.1, -0.05) is 17.7 Å². The molecule has 3 rings (SSSR count). The number of guanidine groups is 1. The molecule has 1 aliphatic rings. The molecule has 2 aromatic carbocycles. The van der Waals surface area contributed by atoms with Crippen LogP contribution >= 0.6 is 11.6 Å². The first kappa shape index (κ1) is 20.2. The van der Waals surface area contributed by atoms with Gasteiger partial charge in [0.1, 0.15) is 5.75 Å². The smallest absolute Gasteiger partial charge is 0.258 e. The molecule has 0 unspecified atom stereocenters. The summed E-state index contributed by atoms with van der Waals surface area (Å²) in [6.07, 6.45) is 2.09. The number of aryl methyl sites for hydroxylation is 1. The normalized spacial score (nSPS) is 16.7. The molecule has 1 saturated heterocycles. The molecule has 148 valence electrons. The van der Waals surface area contributed by atoms with E-state index in [4.69, 9.17) is 21.1 Å². The van der Waals surface area contributed by atoms with Crippen molar-refractivity contribution in [3.63, 3.8) is 0 Å². The van der Waals surface area contributed by atoms with Crippen molar-refractivity contribution in [2.75, 3.05) is 25.6 Å². The Morgan fingerprint density at radius 1 is 1.32 bits per heavy atom. The molecule has 0 spiro atoms. The van der Waals surface area contributed by atoms with E-state index in [1.807, 2.05) is 19.1 Å². The molecule has 0 aromatic heterocycles. The molecule has 7 heteroatoms. The Balaban J connectivity index is 1.78. The zero-order valence-corrected chi connectivity index (χ0v) is 16.8. The summed E-state index contributed by atoms with van der Waals surface area (Å²) in [5.41, 5.74) is 2.26. The number of amides is 1. The van der Waals surface area contributed by atoms with Crippen molar-refractivity contribution in [2.24, 2.45) is 4.99 Å². The monoisotopic (exact) mass is 401 g/mol. The minimum Gasteiger partial charge on any atom is -0.497 e. The number of hydrogen-bond acceptors (Lipinski definition) is 4. The molecule has 2 aromatic rings. The zero-order chi connectivity index (χ0) is 19.9. The van der Waals surface area contributed by atoms with Crippen LogP contribution in [0.15, 0.2) is 47.5 Å². The van der Waals surface area contributed by atoms with Crippen molar-refractivity contribution >= 4 is 29.2 Å². The summed E-state index contributed by atoms with van der Waals surface area (Å²) in [7, 11) is 1.57. The van der Waals surface area contributed by atoms with Gasteiger partial charge >= 0.3 is 0 Å². The lowest BCUT2D eigenvalue weighted by molar-refractivity contribution is 0.0975. The maximum Gasteiger partial charge on any atom is 0.258 e. The van der Waals surface area contributed by atoms with Crippen LogP contribution in [0.2, 0.25) is 5.02 Å². The van der Waals surface area contributed by atoms with Crippen molar-refractivity contribution in [3.05, 3.63) is 58.6 Å². The van der Waals surface area contributed by atoms with Gasteiger partial charge in [-0.05, 0) is 61.7 Å². The molecule has 1 amide bonds. The van der Waals surface area contributed by atoms with Crippen LogP contribution in [0.5, 0.6) is 5.75 Å². The summed E-state index contributed by atoms with van der Waals surface area (Å²) in [4.78, 5) is 17.3. The highest BCUT2D eigenvalue weighted by molar-refractivity contribution is 6.30. The molecule has 1 heterocycles. The van der Waals surface area contributed by atoms with Crippen molar-refractivity contribution < 1.29 is 14.3 Å². The summed E-state index contributed by atoms with van der Waals surface area (Å²) < 4.78 is 10.8. The Morgan fingerprint density at radius 2 is 2.18 bits per heavy atom. The lowest BCUT2D eigenvalue weighted by atomic mass is 10.2. The van der Waals surface area contributed by atoms with E-state index in [0.717, 1.165) is 30.7 Å². The molecule has 0 bridgehead atoms. The van der Waals surface area contributed by atoms with Crippen molar-refractivity contribution in [1.29, 1.82) is 0 Å². The van der Waals surface area contributed by atoms with Gasteiger partial charge in [0.15, 0.2) is 0 Å². The highest BCUT2D eigenvalue weighted by Crippen LogP contribution is 2.20. The van der Waals surface area contributed by atoms with E-state index in [1.165, 1.54) is 0 Å². The van der Waals surface area contributed by atoms with E-state index in [0.29, 0.717) is 28.8 Å². The van der Waals surface area contributed by atoms with Gasteiger partial charge in [-0.2, -0.15) is 0 Å². The Morgan fingerprint density at radius 3 is 2.89 bits per heavy atom. The van der Waals surface area contributed by atoms with E-state index in [-0.39, 0.29) is 12.0 Å². The number of carbonyl (C=O) groups is 1. The Bertz CT molecular complexity index is 864. The molecule has 0 saturated carbocycles. The first-order chi connectivity index (χ1) is 13.5. The molecule has 1 atom stereocenters. The molecule has 28 heavy (non-hydrogen) atoms. The second-order valence-corrected chi connectivity index (χ2v) is 7.03. The maximum atomic E-state index is 12.7. The Labute approximate surface area is 169 Å². The largest absolute Gasteiger partial charge is 0.497 e. The van der Waals surface area contributed by atoms with Gasteiger partial charge in [0.25, 0.3) is 5.91 Å². The number of carbonyl (C=O) groups excluding carboxylic acids is 1. The number of hydrogen-bond donors (Lipinski definition) is 2. The second kappa shape index (κ2) is 9.57. The molecular formula is C21H24ClN3O3. The maximum absolute atomic E-state index is 12.7. The van der Waals surface area contributed by atoms with Crippen LogP contribution in [-0.2, 0) is 4.74 Å². The van der Waals surface area contributed by atoms with Gasteiger partial charge in [0.05, 0.1) is 19.8 Å². The summed E-state index contributed by atoms with van der Waals surface area (Å²) in [6.45, 7) is 3.18. The lowest BCUT2D eigenvalue weighted by Gasteiger charge is -2.15. The highest BCUT2D eigenvalue weighted by Gasteiger charge is 2.16. The number of ether oxygens (including phenoxy) is 2. The summed E-state index contributed by atoms with van der Waals surface area (Å²) in [5, 5.41) is 6.71. The fourth-order valence-electron chi connectivity index (χ4n) is 2.93. The van der Waals surface area contributed by atoms with Crippen LogP contribution < -0.4 is 15.4 Å². The first-order valence-electron chi connectivity index (χ1n) is 9.20. The number of aliphatic imine (C=N–C) groups is 1. The topological polar surface area (TPSA) is 72.0 Å². The number of benzene rings is 2. The average molecular weight is 402 g/mol. The minimum absolute atomic E-state index is 0.0804. The van der Waals surface area contributed by atoms with Crippen LogP contribution in [0.4, 0.5) is 5.69 Å². The minimum atomic E-state index is -0.274. The fourth-order valence-corrected chi connectivity index (χ4v) is 3.16. The molecule has 0 radical (unpaired) electrons. The molecule has 2 N–H and O–H groups in total. The van der Waals surface area contributed by atoms with Crippen molar-refractivity contribution in [2.45, 2.75) is 25.9 Å². The predicted molar refractivity (Wildman–Crippen MR) is 112 cm³/mol. The number of nitrogens with zero attached hydrogens (tertiary/aromatic N) is 1. The van der Waals surface area contributed by atoms with Crippen LogP contribution in [-0.4, -0.2) is 38.2 Å². The van der Waals surface area contributed by atoms with Gasteiger partial charge in [-0.15, -0.1) is 0 Å². The van der Waals surface area contributed by atoms with E-state index < -0.39 is 0 Å². The third-order valence-corrected chi connectivity index (χ3v) is 4.72. The quantitative estimate of drug-likeness (QED) is 0.586. The van der Waals surface area contributed by atoms with Gasteiger partial charge in [0.2, 0.25) is 5.96 Å². The van der Waals surface area contributed by atoms with E-state index in [9.17, 15) is 4.79 Å². The predicted octanol–water partition coefficient (Wildman–Crippen LogP) is 4.03. The van der Waals surface area contributed by atoms with Gasteiger partial charge in [-0.3, -0.25) is 10.1 Å². The summed E-state index contributed by atoms with van der Waals surface area (Å²) >= 11 is 6.04. The third kappa shape index (κ3) is 5.47. The summed E-state index contributed by atoms with van der Waals surface area (Å²) in [5.74, 6) is 0.713. The molecular weight excluding hydrogens is 378 g/mol. The summed E-state index contributed by atoms with van der Waals surface area (Å²) in [6, 6.07) is 12.5. The van der Waals surface area contributed by atoms with Crippen LogP contribution in [0, 0.1) is 6.92 Å². The Kier molecular flexibility index (Phi) is 6.90. The van der Waals surface area contributed by atoms with Crippen LogP contribution in [0.25, 0.3) is 0 Å². The first-order valence-corrected chi connectivity index (χ1v) is 9.57. The zero-order valence-electron chi connectivity index (χ0n) is 16.0. The second-order valence-electron chi connectivity index (χ2n) is 6.59. The molecule has 0 aliphatic carbocycles. The van der Waals surface area contributed by atoms with E-state index in [1.54, 1.807) is 37.4 Å².